The number of benzene rings is 1. The molecule has 2 N–H and O–H groups in total. The smallest absolute Gasteiger partial charge is 0.304 e. The molecular weight excluding hydrogens is 444 g/mol. The van der Waals surface area contributed by atoms with Crippen LogP contribution >= 0.6 is 0 Å². The minimum absolute atomic E-state index is 0.122. The van der Waals surface area contributed by atoms with Gasteiger partial charge in [-0.25, -0.2) is 36.7 Å². The van der Waals surface area contributed by atoms with Crippen LogP contribution in [0.5, 0.6) is 0 Å². The molecule has 0 aliphatic rings. The third-order valence-electron chi connectivity index (χ3n) is 4.91. The zero-order chi connectivity index (χ0) is 23.2. The average molecular weight is 461 g/mol. The lowest BCUT2D eigenvalue weighted by Crippen LogP contribution is -2.30. The Morgan fingerprint density at radius 3 is 2.56 bits per heavy atom. The maximum absolute atomic E-state index is 14.8. The molecule has 0 spiro atoms. The summed E-state index contributed by atoms with van der Waals surface area (Å²) in [5.41, 5.74) is 0.644. The topological polar surface area (TPSA) is 127 Å². The Morgan fingerprint density at radius 2 is 1.91 bits per heavy atom. The number of amides is 1. The van der Waals surface area contributed by atoms with Crippen molar-refractivity contribution in [2.45, 2.75) is 31.7 Å². The Bertz CT molecular complexity index is 1540. The summed E-state index contributed by atoms with van der Waals surface area (Å²) in [7, 11) is -4.44. The van der Waals surface area contributed by atoms with Gasteiger partial charge in [-0.1, -0.05) is 6.92 Å². The molecule has 4 aromatic rings. The summed E-state index contributed by atoms with van der Waals surface area (Å²) in [5.74, 6) is -3.17. The number of hydrogen-bond acceptors (Lipinski definition) is 6. The predicted molar refractivity (Wildman–Crippen MR) is 111 cm³/mol. The van der Waals surface area contributed by atoms with E-state index in [1.165, 1.54) is 13.1 Å². The number of rotatable bonds is 5. The summed E-state index contributed by atoms with van der Waals surface area (Å²) in [6, 6.07) is 4.63. The second-order valence-corrected chi connectivity index (χ2v) is 8.79. The van der Waals surface area contributed by atoms with Crippen molar-refractivity contribution in [3.8, 4) is 0 Å². The molecule has 0 saturated carbocycles. The molecule has 4 rings (SSSR count). The Kier molecular flexibility index (Phi) is 5.25. The van der Waals surface area contributed by atoms with E-state index >= 15 is 0 Å². The van der Waals surface area contributed by atoms with Crippen LogP contribution in [-0.2, 0) is 21.4 Å². The molecule has 0 aliphatic carbocycles. The van der Waals surface area contributed by atoms with Gasteiger partial charge in [0.2, 0.25) is 5.91 Å². The van der Waals surface area contributed by atoms with Crippen LogP contribution in [0.4, 0.5) is 8.78 Å². The van der Waals surface area contributed by atoms with E-state index in [-0.39, 0.29) is 6.42 Å². The summed E-state index contributed by atoms with van der Waals surface area (Å²) in [4.78, 5) is 34.3. The van der Waals surface area contributed by atoms with Crippen LogP contribution in [0.15, 0.2) is 40.2 Å². The zero-order valence-electron chi connectivity index (χ0n) is 16.9. The van der Waals surface area contributed by atoms with Gasteiger partial charge >= 0.3 is 5.69 Å². The molecule has 1 amide bonds. The number of carbonyl (C=O) groups is 1. The summed E-state index contributed by atoms with van der Waals surface area (Å²) < 4.78 is 56.8. The Balaban J connectivity index is 1.82. The number of imidazole rings is 1. The van der Waals surface area contributed by atoms with E-state index in [1.54, 1.807) is 23.8 Å². The standard InChI is InChI=1S/C20H17F2N5O4S/c1-3-17(28)26-32(30,31)11-6-14(21)13(15(22)7-11)9-27-18-12-5-4-10(2)24-19(12)23-8-16(18)25-20(27)29/h4-8H,3,9H2,1-2H3,(H,25,29)(H,26,28). The van der Waals surface area contributed by atoms with E-state index in [9.17, 15) is 26.8 Å². The summed E-state index contributed by atoms with van der Waals surface area (Å²) >= 11 is 0. The number of hydrogen-bond donors (Lipinski definition) is 2. The largest absolute Gasteiger partial charge is 0.326 e. The van der Waals surface area contributed by atoms with Crippen molar-refractivity contribution in [3.63, 3.8) is 0 Å². The number of halogens is 2. The van der Waals surface area contributed by atoms with Crippen LogP contribution in [0.3, 0.4) is 0 Å². The maximum atomic E-state index is 14.8. The molecule has 0 aliphatic heterocycles. The number of nitrogens with zero attached hydrogens (tertiary/aromatic N) is 3. The van der Waals surface area contributed by atoms with Crippen molar-refractivity contribution in [1.29, 1.82) is 0 Å². The highest BCUT2D eigenvalue weighted by Crippen LogP contribution is 2.24. The first kappa shape index (κ1) is 21.6. The second-order valence-electron chi connectivity index (χ2n) is 7.11. The normalized spacial score (nSPS) is 11.9. The molecular formula is C20H17F2N5O4S. The lowest BCUT2D eigenvalue weighted by Gasteiger charge is -2.11. The molecule has 3 aromatic heterocycles. The van der Waals surface area contributed by atoms with E-state index in [0.29, 0.717) is 39.9 Å². The molecule has 9 nitrogen and oxygen atoms in total. The van der Waals surface area contributed by atoms with Crippen molar-refractivity contribution in [2.75, 3.05) is 0 Å². The second kappa shape index (κ2) is 7.79. The molecule has 0 fully saturated rings. The first-order valence-electron chi connectivity index (χ1n) is 9.49. The Morgan fingerprint density at radius 1 is 1.22 bits per heavy atom. The van der Waals surface area contributed by atoms with Gasteiger partial charge in [-0.05, 0) is 31.2 Å². The molecule has 0 atom stereocenters. The van der Waals surface area contributed by atoms with Crippen LogP contribution in [-0.4, -0.2) is 33.8 Å². The summed E-state index contributed by atoms with van der Waals surface area (Å²) in [6.45, 7) is 2.70. The van der Waals surface area contributed by atoms with Crippen LogP contribution in [0.1, 0.15) is 24.6 Å². The molecule has 0 saturated heterocycles. The number of nitrogens with one attached hydrogen (secondary N) is 2. The van der Waals surface area contributed by atoms with Crippen molar-refractivity contribution in [1.82, 2.24) is 24.2 Å². The minimum Gasteiger partial charge on any atom is -0.304 e. The fraction of sp³-hybridized carbons (Fsp3) is 0.200. The molecule has 12 heteroatoms. The number of H-pyrrole nitrogens is 1. The monoisotopic (exact) mass is 461 g/mol. The highest BCUT2D eigenvalue weighted by atomic mass is 32.2. The highest BCUT2D eigenvalue weighted by molar-refractivity contribution is 7.90. The van der Waals surface area contributed by atoms with E-state index in [4.69, 9.17) is 0 Å². The third kappa shape index (κ3) is 3.73. The van der Waals surface area contributed by atoms with Crippen molar-refractivity contribution < 1.29 is 22.0 Å². The van der Waals surface area contributed by atoms with Gasteiger partial charge in [-0.15, -0.1) is 0 Å². The van der Waals surface area contributed by atoms with Crippen molar-refractivity contribution >= 4 is 38.0 Å². The fourth-order valence-corrected chi connectivity index (χ4v) is 4.38. The number of sulfonamides is 1. The van der Waals surface area contributed by atoms with E-state index in [1.807, 2.05) is 0 Å². The lowest BCUT2D eigenvalue weighted by molar-refractivity contribution is -0.119. The quantitative estimate of drug-likeness (QED) is 0.469. The fourth-order valence-electron chi connectivity index (χ4n) is 3.30. The third-order valence-corrected chi connectivity index (χ3v) is 6.26. The Labute approximate surface area is 180 Å². The number of aromatic nitrogens is 4. The van der Waals surface area contributed by atoms with Gasteiger partial charge in [0.05, 0.1) is 28.7 Å². The molecule has 3 heterocycles. The minimum atomic E-state index is -4.44. The zero-order valence-corrected chi connectivity index (χ0v) is 17.8. The van der Waals surface area contributed by atoms with Crippen LogP contribution in [0, 0.1) is 18.6 Å². The number of aromatic amines is 1. The molecule has 0 unspecified atom stereocenters. The van der Waals surface area contributed by atoms with Crippen LogP contribution in [0.25, 0.3) is 22.1 Å². The van der Waals surface area contributed by atoms with Crippen molar-refractivity contribution in [3.05, 3.63) is 63.8 Å². The van der Waals surface area contributed by atoms with E-state index in [2.05, 4.69) is 15.0 Å². The highest BCUT2D eigenvalue weighted by Gasteiger charge is 2.23. The number of aryl methyl sites for hydroxylation is 1. The van der Waals surface area contributed by atoms with Gasteiger partial charge in [0, 0.05) is 23.1 Å². The molecule has 1 aromatic carbocycles. The Hall–Kier alpha value is -3.67. The molecule has 166 valence electrons. The average Bonchev–Trinajstić information content (AvgIpc) is 3.05. The molecule has 0 radical (unpaired) electrons. The summed E-state index contributed by atoms with van der Waals surface area (Å²) in [5, 5.41) is 0.508. The van der Waals surface area contributed by atoms with Crippen molar-refractivity contribution in [2.24, 2.45) is 0 Å². The van der Waals surface area contributed by atoms with Gasteiger partial charge in [-0.3, -0.25) is 9.36 Å². The first-order valence-corrected chi connectivity index (χ1v) is 11.0. The molecule has 32 heavy (non-hydrogen) atoms. The lowest BCUT2D eigenvalue weighted by atomic mass is 10.2. The van der Waals surface area contributed by atoms with Gasteiger partial charge < -0.3 is 4.98 Å². The summed E-state index contributed by atoms with van der Waals surface area (Å²) in [6.07, 6.45) is 1.28. The van der Waals surface area contributed by atoms with Crippen LogP contribution < -0.4 is 10.4 Å². The number of pyridine rings is 2. The predicted octanol–water partition coefficient (Wildman–Crippen LogP) is 2.12. The van der Waals surface area contributed by atoms with Gasteiger partial charge in [0.25, 0.3) is 10.0 Å². The van der Waals surface area contributed by atoms with Gasteiger partial charge in [0.15, 0.2) is 5.65 Å². The van der Waals surface area contributed by atoms with Crippen LogP contribution in [0.2, 0.25) is 0 Å². The first-order chi connectivity index (χ1) is 15.1. The van der Waals surface area contributed by atoms with Gasteiger partial charge in [0.1, 0.15) is 11.6 Å². The van der Waals surface area contributed by atoms with Gasteiger partial charge in [-0.2, -0.15) is 0 Å². The number of fused-ring (bicyclic) bond motifs is 3. The molecule has 0 bridgehead atoms. The van der Waals surface area contributed by atoms with E-state index < -0.39 is 50.3 Å². The SMILES string of the molecule is CCC(=O)NS(=O)(=O)c1cc(F)c(Cn2c(=O)[nH]c3cnc4nc(C)ccc4c32)c(F)c1. The van der Waals surface area contributed by atoms with E-state index in [0.717, 1.165) is 4.57 Å². The number of carbonyl (C=O) groups excluding carboxylic acids is 1. The maximum Gasteiger partial charge on any atom is 0.326 e.